The van der Waals surface area contributed by atoms with Crippen LogP contribution in [0.4, 0.5) is 28.9 Å². The first-order chi connectivity index (χ1) is 10.4. The van der Waals surface area contributed by atoms with Crippen LogP contribution in [-0.4, -0.2) is 11.7 Å². The molecule has 116 valence electrons. The second-order valence-electron chi connectivity index (χ2n) is 4.11. The maximum Gasteiger partial charge on any atom is 0.387 e. The molecule has 0 saturated carbocycles. The third-order valence-electron chi connectivity index (χ3n) is 2.52. The molecule has 2 aromatic carbocycles. The Morgan fingerprint density at radius 2 is 1.68 bits per heavy atom. The minimum absolute atomic E-state index is 0.00371. The number of hydrogen-bond acceptors (Lipinski definition) is 2. The zero-order valence-corrected chi connectivity index (χ0v) is 11.8. The highest BCUT2D eigenvalue weighted by atomic mass is 32.1. The number of nitrogens with one attached hydrogen (secondary N) is 2. The number of alkyl halides is 2. The summed E-state index contributed by atoms with van der Waals surface area (Å²) in [7, 11) is 0. The molecule has 0 aliphatic heterocycles. The van der Waals surface area contributed by atoms with Gasteiger partial charge in [-0.05, 0) is 48.6 Å². The van der Waals surface area contributed by atoms with Crippen molar-refractivity contribution in [3.8, 4) is 5.75 Å². The third-order valence-corrected chi connectivity index (χ3v) is 2.72. The maximum atomic E-state index is 13.4. The Morgan fingerprint density at radius 1 is 1.00 bits per heavy atom. The Balaban J connectivity index is 1.97. The van der Waals surface area contributed by atoms with Gasteiger partial charge in [0.2, 0.25) is 0 Å². The molecule has 0 spiro atoms. The summed E-state index contributed by atoms with van der Waals surface area (Å²) in [6.07, 6.45) is 0. The second kappa shape index (κ2) is 7.08. The van der Waals surface area contributed by atoms with Crippen LogP contribution in [0.2, 0.25) is 0 Å². The summed E-state index contributed by atoms with van der Waals surface area (Å²) in [4.78, 5) is 0. The summed E-state index contributed by atoms with van der Waals surface area (Å²) < 4.78 is 54.4. The largest absolute Gasteiger partial charge is 0.435 e. The van der Waals surface area contributed by atoms with E-state index in [9.17, 15) is 17.6 Å². The van der Waals surface area contributed by atoms with Crippen LogP contribution in [0, 0.1) is 11.6 Å². The van der Waals surface area contributed by atoms with Gasteiger partial charge in [-0.1, -0.05) is 0 Å². The van der Waals surface area contributed by atoms with Gasteiger partial charge < -0.3 is 15.4 Å². The van der Waals surface area contributed by atoms with Crippen molar-refractivity contribution in [3.63, 3.8) is 0 Å². The van der Waals surface area contributed by atoms with Crippen molar-refractivity contribution in [1.82, 2.24) is 0 Å². The normalized spacial score (nSPS) is 10.4. The van der Waals surface area contributed by atoms with Crippen molar-refractivity contribution in [1.29, 1.82) is 0 Å². The molecule has 0 atom stereocenters. The lowest BCUT2D eigenvalue weighted by molar-refractivity contribution is -0.0498. The summed E-state index contributed by atoms with van der Waals surface area (Å²) in [5.74, 6) is -1.48. The third kappa shape index (κ3) is 4.59. The van der Waals surface area contributed by atoms with Gasteiger partial charge in [-0.2, -0.15) is 8.78 Å². The Morgan fingerprint density at radius 3 is 2.27 bits per heavy atom. The van der Waals surface area contributed by atoms with Crippen LogP contribution in [0.25, 0.3) is 0 Å². The highest BCUT2D eigenvalue weighted by Gasteiger charge is 2.07. The molecule has 2 aromatic rings. The van der Waals surface area contributed by atoms with E-state index in [-0.39, 0.29) is 16.5 Å². The molecular weight excluding hydrogens is 320 g/mol. The van der Waals surface area contributed by atoms with Gasteiger partial charge in [-0.3, -0.25) is 0 Å². The predicted molar refractivity (Wildman–Crippen MR) is 79.3 cm³/mol. The fraction of sp³-hybridized carbons (Fsp3) is 0.0714. The molecule has 0 aliphatic carbocycles. The average Bonchev–Trinajstić information content (AvgIpc) is 2.43. The van der Waals surface area contributed by atoms with Gasteiger partial charge in [0.05, 0.1) is 5.69 Å². The van der Waals surface area contributed by atoms with Crippen LogP contribution in [0.3, 0.4) is 0 Å². The number of rotatable bonds is 4. The van der Waals surface area contributed by atoms with E-state index in [1.54, 1.807) is 0 Å². The smallest absolute Gasteiger partial charge is 0.387 e. The molecular formula is C14H10F4N2OS. The Bertz CT molecular complexity index is 664. The first-order valence-corrected chi connectivity index (χ1v) is 6.43. The highest BCUT2D eigenvalue weighted by molar-refractivity contribution is 7.80. The summed E-state index contributed by atoms with van der Waals surface area (Å²) in [5.41, 5.74) is 0.498. The standard InChI is InChI=1S/C14H10F4N2OS/c15-8-1-6-12(11(16)7-8)20-14(22)19-9-2-4-10(5-3-9)21-13(17)18/h1-7,13H,(H2,19,20,22). The second-order valence-corrected chi connectivity index (χ2v) is 4.51. The monoisotopic (exact) mass is 330 g/mol. The fourth-order valence-electron chi connectivity index (χ4n) is 1.60. The Kier molecular flexibility index (Phi) is 5.16. The Labute approximate surface area is 128 Å². The van der Waals surface area contributed by atoms with E-state index in [1.807, 2.05) is 0 Å². The van der Waals surface area contributed by atoms with Crippen LogP contribution in [-0.2, 0) is 0 Å². The lowest BCUT2D eigenvalue weighted by Crippen LogP contribution is -2.19. The van der Waals surface area contributed by atoms with Crippen LogP contribution >= 0.6 is 12.2 Å². The van der Waals surface area contributed by atoms with Gasteiger partial charge in [-0.25, -0.2) is 8.78 Å². The number of thiocarbonyl (C=S) groups is 1. The molecule has 3 nitrogen and oxygen atoms in total. The van der Waals surface area contributed by atoms with E-state index >= 15 is 0 Å². The summed E-state index contributed by atoms with van der Waals surface area (Å²) in [6, 6.07) is 8.61. The lowest BCUT2D eigenvalue weighted by atomic mass is 10.3. The van der Waals surface area contributed by atoms with E-state index in [0.717, 1.165) is 12.1 Å². The lowest BCUT2D eigenvalue weighted by Gasteiger charge is -2.12. The van der Waals surface area contributed by atoms with Gasteiger partial charge in [0.15, 0.2) is 5.11 Å². The first kappa shape index (κ1) is 16.0. The molecule has 22 heavy (non-hydrogen) atoms. The first-order valence-electron chi connectivity index (χ1n) is 6.02. The number of benzene rings is 2. The highest BCUT2D eigenvalue weighted by Crippen LogP contribution is 2.19. The van der Waals surface area contributed by atoms with Crippen molar-refractivity contribution in [2.24, 2.45) is 0 Å². The molecule has 0 saturated heterocycles. The van der Waals surface area contributed by atoms with E-state index < -0.39 is 18.2 Å². The zero-order chi connectivity index (χ0) is 16.1. The molecule has 2 N–H and O–H groups in total. The summed E-state index contributed by atoms with van der Waals surface area (Å²) in [5, 5.41) is 5.35. The predicted octanol–water partition coefficient (Wildman–Crippen LogP) is 4.38. The fourth-order valence-corrected chi connectivity index (χ4v) is 1.82. The van der Waals surface area contributed by atoms with Crippen LogP contribution in [0.5, 0.6) is 5.75 Å². The van der Waals surface area contributed by atoms with Crippen molar-refractivity contribution in [2.75, 3.05) is 10.6 Å². The molecule has 0 aliphatic rings. The van der Waals surface area contributed by atoms with Gasteiger partial charge in [0, 0.05) is 11.8 Å². The molecule has 0 aromatic heterocycles. The topological polar surface area (TPSA) is 33.3 Å². The Hall–Kier alpha value is -2.35. The van der Waals surface area contributed by atoms with E-state index in [0.29, 0.717) is 5.69 Å². The quantitative estimate of drug-likeness (QED) is 0.644. The maximum absolute atomic E-state index is 13.4. The number of halogens is 4. The minimum atomic E-state index is -2.90. The van der Waals surface area contributed by atoms with E-state index in [2.05, 4.69) is 15.4 Å². The van der Waals surface area contributed by atoms with Gasteiger partial charge in [0.1, 0.15) is 17.4 Å². The van der Waals surface area contributed by atoms with Gasteiger partial charge >= 0.3 is 6.61 Å². The van der Waals surface area contributed by atoms with Gasteiger partial charge in [0.25, 0.3) is 0 Å². The molecule has 0 radical (unpaired) electrons. The minimum Gasteiger partial charge on any atom is -0.435 e. The number of hydrogen-bond donors (Lipinski definition) is 2. The molecule has 0 unspecified atom stereocenters. The summed E-state index contributed by atoms with van der Waals surface area (Å²) >= 11 is 4.98. The zero-order valence-electron chi connectivity index (χ0n) is 10.9. The summed E-state index contributed by atoms with van der Waals surface area (Å²) in [6.45, 7) is -2.90. The van der Waals surface area contributed by atoms with Crippen LogP contribution < -0.4 is 15.4 Å². The number of anilines is 2. The molecule has 0 heterocycles. The molecule has 8 heteroatoms. The average molecular weight is 330 g/mol. The van der Waals surface area contributed by atoms with Crippen molar-refractivity contribution < 1.29 is 22.3 Å². The van der Waals surface area contributed by atoms with Crippen molar-refractivity contribution in [2.45, 2.75) is 6.61 Å². The number of ether oxygens (including phenoxy) is 1. The molecule has 0 bridgehead atoms. The van der Waals surface area contributed by atoms with Crippen LogP contribution in [0.15, 0.2) is 42.5 Å². The molecule has 0 fully saturated rings. The van der Waals surface area contributed by atoms with Crippen molar-refractivity contribution in [3.05, 3.63) is 54.1 Å². The molecule has 2 rings (SSSR count). The SMILES string of the molecule is Fc1ccc(NC(=S)Nc2ccc(OC(F)F)cc2)c(F)c1. The van der Waals surface area contributed by atoms with E-state index in [4.69, 9.17) is 12.2 Å². The van der Waals surface area contributed by atoms with E-state index in [1.165, 1.54) is 30.3 Å². The molecule has 0 amide bonds. The van der Waals surface area contributed by atoms with Gasteiger partial charge in [-0.15, -0.1) is 0 Å². The van der Waals surface area contributed by atoms with Crippen molar-refractivity contribution >= 4 is 28.7 Å². The van der Waals surface area contributed by atoms with Crippen LogP contribution in [0.1, 0.15) is 0 Å².